The van der Waals surface area contributed by atoms with Gasteiger partial charge in [0, 0.05) is 37.9 Å². The summed E-state index contributed by atoms with van der Waals surface area (Å²) in [5, 5.41) is 3.48. The number of aromatic amines is 1. The number of anilines is 1. The van der Waals surface area contributed by atoms with Crippen LogP contribution >= 0.6 is 0 Å². The van der Waals surface area contributed by atoms with Crippen LogP contribution in [0.5, 0.6) is 0 Å². The zero-order valence-electron chi connectivity index (χ0n) is 10.4. The van der Waals surface area contributed by atoms with Crippen LogP contribution in [0.2, 0.25) is 0 Å². The molecule has 0 spiro atoms. The quantitative estimate of drug-likeness (QED) is 0.836. The monoisotopic (exact) mass is 247 g/mol. The van der Waals surface area contributed by atoms with Gasteiger partial charge in [-0.1, -0.05) is 0 Å². The number of likely N-dealkylation sites (N-methyl/N-ethyl adjacent to an activating group) is 1. The Morgan fingerprint density at radius 3 is 3.11 bits per heavy atom. The molecule has 0 radical (unpaired) electrons. The van der Waals surface area contributed by atoms with Gasteiger partial charge in [0.15, 0.2) is 5.58 Å². The minimum Gasteiger partial charge on any atom is -0.408 e. The SMILES string of the molecule is CN(CCNC1CC1)c1ccc2[nH]c(=O)oc2c1. The van der Waals surface area contributed by atoms with Gasteiger partial charge in [-0.25, -0.2) is 4.79 Å². The van der Waals surface area contributed by atoms with E-state index >= 15 is 0 Å². The van der Waals surface area contributed by atoms with Crippen molar-refractivity contribution in [2.24, 2.45) is 0 Å². The zero-order valence-corrected chi connectivity index (χ0v) is 10.4. The van der Waals surface area contributed by atoms with Crippen LogP contribution in [0, 0.1) is 0 Å². The normalized spacial score (nSPS) is 15.2. The summed E-state index contributed by atoms with van der Waals surface area (Å²) in [6, 6.07) is 6.50. The maximum atomic E-state index is 11.1. The van der Waals surface area contributed by atoms with E-state index in [4.69, 9.17) is 4.42 Å². The summed E-state index contributed by atoms with van der Waals surface area (Å²) < 4.78 is 5.06. The topological polar surface area (TPSA) is 61.3 Å². The van der Waals surface area contributed by atoms with Gasteiger partial charge in [-0.2, -0.15) is 0 Å². The summed E-state index contributed by atoms with van der Waals surface area (Å²) in [5.74, 6) is -0.403. The number of H-pyrrole nitrogens is 1. The Morgan fingerprint density at radius 1 is 1.50 bits per heavy atom. The Kier molecular flexibility index (Phi) is 2.83. The predicted octanol–water partition coefficient (Wildman–Crippen LogP) is 1.31. The second-order valence-electron chi connectivity index (χ2n) is 4.84. The third-order valence-electron chi connectivity index (χ3n) is 3.30. The molecule has 0 saturated heterocycles. The highest BCUT2D eigenvalue weighted by molar-refractivity contribution is 5.76. The highest BCUT2D eigenvalue weighted by atomic mass is 16.4. The second-order valence-corrected chi connectivity index (χ2v) is 4.84. The number of rotatable bonds is 5. The maximum absolute atomic E-state index is 11.1. The van der Waals surface area contributed by atoms with Gasteiger partial charge >= 0.3 is 5.76 Å². The van der Waals surface area contributed by atoms with E-state index in [0.29, 0.717) is 5.58 Å². The molecule has 0 bridgehead atoms. The van der Waals surface area contributed by atoms with Crippen molar-refractivity contribution in [3.8, 4) is 0 Å². The average Bonchev–Trinajstić information content (AvgIpc) is 3.08. The molecule has 96 valence electrons. The molecule has 1 saturated carbocycles. The molecule has 1 aliphatic rings. The Bertz CT molecular complexity index is 598. The van der Waals surface area contributed by atoms with E-state index in [0.717, 1.165) is 30.3 Å². The summed E-state index contributed by atoms with van der Waals surface area (Å²) in [6.45, 7) is 1.92. The first-order chi connectivity index (χ1) is 8.72. The van der Waals surface area contributed by atoms with Crippen LogP contribution in [0.4, 0.5) is 5.69 Å². The lowest BCUT2D eigenvalue weighted by molar-refractivity contribution is 0.555. The van der Waals surface area contributed by atoms with Crippen LogP contribution in [0.3, 0.4) is 0 Å². The summed E-state index contributed by atoms with van der Waals surface area (Å²) in [6.07, 6.45) is 2.62. The maximum Gasteiger partial charge on any atom is 0.417 e. The van der Waals surface area contributed by atoms with Crippen LogP contribution in [0.25, 0.3) is 11.1 Å². The number of hydrogen-bond acceptors (Lipinski definition) is 4. The fourth-order valence-electron chi connectivity index (χ4n) is 2.02. The average molecular weight is 247 g/mol. The second kappa shape index (κ2) is 4.49. The van der Waals surface area contributed by atoms with Crippen molar-refractivity contribution in [1.29, 1.82) is 0 Å². The number of nitrogens with one attached hydrogen (secondary N) is 2. The molecule has 5 nitrogen and oxygen atoms in total. The van der Waals surface area contributed by atoms with E-state index < -0.39 is 5.76 Å². The van der Waals surface area contributed by atoms with Crippen molar-refractivity contribution in [2.45, 2.75) is 18.9 Å². The number of fused-ring (bicyclic) bond motifs is 1. The Balaban J connectivity index is 1.69. The lowest BCUT2D eigenvalue weighted by Gasteiger charge is -2.19. The minimum atomic E-state index is -0.403. The van der Waals surface area contributed by atoms with Crippen molar-refractivity contribution in [3.05, 3.63) is 28.7 Å². The molecule has 1 fully saturated rings. The van der Waals surface area contributed by atoms with Crippen LogP contribution < -0.4 is 16.0 Å². The highest BCUT2D eigenvalue weighted by Crippen LogP contribution is 2.20. The first-order valence-electron chi connectivity index (χ1n) is 6.30. The summed E-state index contributed by atoms with van der Waals surface area (Å²) in [4.78, 5) is 15.9. The standard InChI is InChI=1S/C13H17N3O2/c1-16(7-6-14-9-2-3-9)10-4-5-11-12(8-10)18-13(17)15-11/h4-5,8-9,14H,2-3,6-7H2,1H3,(H,15,17). The lowest BCUT2D eigenvalue weighted by atomic mass is 10.2. The first-order valence-corrected chi connectivity index (χ1v) is 6.30. The van der Waals surface area contributed by atoms with E-state index in [-0.39, 0.29) is 0 Å². The Labute approximate surface area is 105 Å². The third-order valence-corrected chi connectivity index (χ3v) is 3.30. The molecule has 0 unspecified atom stereocenters. The molecule has 5 heteroatoms. The third kappa shape index (κ3) is 2.41. The van der Waals surface area contributed by atoms with Crippen LogP contribution in [0.15, 0.2) is 27.4 Å². The summed E-state index contributed by atoms with van der Waals surface area (Å²) >= 11 is 0. The summed E-state index contributed by atoms with van der Waals surface area (Å²) in [5.41, 5.74) is 2.41. The number of hydrogen-bond donors (Lipinski definition) is 2. The van der Waals surface area contributed by atoms with Crippen molar-refractivity contribution in [2.75, 3.05) is 25.0 Å². The molecule has 0 atom stereocenters. The van der Waals surface area contributed by atoms with Gasteiger partial charge in [0.2, 0.25) is 0 Å². The molecule has 1 aliphatic carbocycles. The minimum absolute atomic E-state index is 0.403. The van der Waals surface area contributed by atoms with Crippen molar-refractivity contribution >= 4 is 16.8 Å². The highest BCUT2D eigenvalue weighted by Gasteiger charge is 2.19. The number of aromatic nitrogens is 1. The molecule has 2 N–H and O–H groups in total. The molecule has 1 heterocycles. The zero-order chi connectivity index (χ0) is 12.5. The fraction of sp³-hybridized carbons (Fsp3) is 0.462. The van der Waals surface area contributed by atoms with Gasteiger partial charge in [0.05, 0.1) is 5.52 Å². The van der Waals surface area contributed by atoms with Crippen LogP contribution in [0.1, 0.15) is 12.8 Å². The van der Waals surface area contributed by atoms with Crippen molar-refractivity contribution in [1.82, 2.24) is 10.3 Å². The van der Waals surface area contributed by atoms with E-state index in [1.807, 2.05) is 25.2 Å². The van der Waals surface area contributed by atoms with Gasteiger partial charge in [0.1, 0.15) is 0 Å². The van der Waals surface area contributed by atoms with Gasteiger partial charge in [-0.05, 0) is 25.0 Å². The van der Waals surface area contributed by atoms with Crippen molar-refractivity contribution < 1.29 is 4.42 Å². The fourth-order valence-corrected chi connectivity index (χ4v) is 2.02. The molecule has 2 aromatic rings. The molecular weight excluding hydrogens is 230 g/mol. The largest absolute Gasteiger partial charge is 0.417 e. The van der Waals surface area contributed by atoms with Crippen molar-refractivity contribution in [3.63, 3.8) is 0 Å². The molecule has 1 aromatic carbocycles. The van der Waals surface area contributed by atoms with E-state index in [1.54, 1.807) is 0 Å². The van der Waals surface area contributed by atoms with E-state index in [9.17, 15) is 4.79 Å². The predicted molar refractivity (Wildman–Crippen MR) is 71.1 cm³/mol. The molecule has 0 aliphatic heterocycles. The number of oxazole rings is 1. The van der Waals surface area contributed by atoms with E-state index in [2.05, 4.69) is 15.2 Å². The Hall–Kier alpha value is -1.75. The van der Waals surface area contributed by atoms with Crippen LogP contribution in [-0.2, 0) is 0 Å². The molecule has 3 rings (SSSR count). The molecule has 1 aromatic heterocycles. The van der Waals surface area contributed by atoms with Gasteiger partial charge in [-0.15, -0.1) is 0 Å². The molecule has 18 heavy (non-hydrogen) atoms. The number of nitrogens with zero attached hydrogens (tertiary/aromatic N) is 1. The van der Waals surface area contributed by atoms with Crippen LogP contribution in [-0.4, -0.2) is 31.2 Å². The Morgan fingerprint density at radius 2 is 2.33 bits per heavy atom. The smallest absolute Gasteiger partial charge is 0.408 e. The van der Waals surface area contributed by atoms with Gasteiger partial charge in [0.25, 0.3) is 0 Å². The summed E-state index contributed by atoms with van der Waals surface area (Å²) in [7, 11) is 2.04. The molecule has 0 amide bonds. The number of benzene rings is 1. The lowest BCUT2D eigenvalue weighted by Crippen LogP contribution is -2.30. The van der Waals surface area contributed by atoms with Gasteiger partial charge < -0.3 is 14.6 Å². The van der Waals surface area contributed by atoms with E-state index in [1.165, 1.54) is 12.8 Å². The first kappa shape index (κ1) is 11.3. The molecular formula is C13H17N3O2. The van der Waals surface area contributed by atoms with Gasteiger partial charge in [-0.3, -0.25) is 4.98 Å².